The van der Waals surface area contributed by atoms with Gasteiger partial charge >= 0.3 is 0 Å². The molecule has 0 amide bonds. The molecule has 4 heteroatoms. The summed E-state index contributed by atoms with van der Waals surface area (Å²) in [6.45, 7) is 6.20. The third kappa shape index (κ3) is 3.43. The van der Waals surface area contributed by atoms with Gasteiger partial charge in [-0.25, -0.2) is 4.39 Å². The molecular formula is C14H22FNO2. The van der Waals surface area contributed by atoms with Crippen molar-refractivity contribution in [1.29, 1.82) is 0 Å². The lowest BCUT2D eigenvalue weighted by molar-refractivity contribution is 0.199. The van der Waals surface area contributed by atoms with Crippen LogP contribution in [0.25, 0.3) is 0 Å². The Bertz CT molecular complexity index is 380. The second-order valence-electron chi connectivity index (χ2n) is 4.72. The number of anilines is 1. The monoisotopic (exact) mass is 255 g/mol. The summed E-state index contributed by atoms with van der Waals surface area (Å²) in [5, 5.41) is 18.7. The van der Waals surface area contributed by atoms with E-state index in [1.165, 1.54) is 6.07 Å². The van der Waals surface area contributed by atoms with Gasteiger partial charge in [0.1, 0.15) is 5.82 Å². The van der Waals surface area contributed by atoms with Crippen LogP contribution in [0.2, 0.25) is 0 Å². The predicted octanol–water partition coefficient (Wildman–Crippen LogP) is 2.48. The minimum absolute atomic E-state index is 0.0711. The second kappa shape index (κ2) is 6.71. The molecule has 0 heterocycles. The largest absolute Gasteiger partial charge is 0.396 e. The minimum atomic E-state index is -0.717. The maximum absolute atomic E-state index is 14.0. The van der Waals surface area contributed by atoms with Gasteiger partial charge in [-0.05, 0) is 33.3 Å². The number of aliphatic hydroxyl groups is 2. The molecule has 1 atom stereocenters. The lowest BCUT2D eigenvalue weighted by atomic mass is 10.1. The van der Waals surface area contributed by atoms with Gasteiger partial charge in [0.15, 0.2) is 0 Å². The zero-order chi connectivity index (χ0) is 13.7. The molecule has 0 saturated heterocycles. The van der Waals surface area contributed by atoms with Crippen molar-refractivity contribution in [3.05, 3.63) is 29.6 Å². The van der Waals surface area contributed by atoms with Crippen molar-refractivity contribution in [2.75, 3.05) is 18.1 Å². The average Bonchev–Trinajstić information content (AvgIpc) is 2.30. The van der Waals surface area contributed by atoms with Crippen LogP contribution in [0.3, 0.4) is 0 Å². The first kappa shape index (κ1) is 14.9. The molecule has 2 N–H and O–H groups in total. The first-order valence-electron chi connectivity index (χ1n) is 6.33. The fourth-order valence-electron chi connectivity index (χ4n) is 2.04. The van der Waals surface area contributed by atoms with Gasteiger partial charge in [0, 0.05) is 24.8 Å². The summed E-state index contributed by atoms with van der Waals surface area (Å²) in [5.41, 5.74) is 1.03. The van der Waals surface area contributed by atoms with Crippen molar-refractivity contribution >= 4 is 5.69 Å². The van der Waals surface area contributed by atoms with Crippen LogP contribution < -0.4 is 4.90 Å². The normalized spacial score (nSPS) is 12.8. The fraction of sp³-hybridized carbons (Fsp3) is 0.571. The number of hydrogen-bond donors (Lipinski definition) is 2. The second-order valence-corrected chi connectivity index (χ2v) is 4.72. The number of para-hydroxylation sites is 1. The zero-order valence-electron chi connectivity index (χ0n) is 11.2. The van der Waals surface area contributed by atoms with E-state index < -0.39 is 6.10 Å². The van der Waals surface area contributed by atoms with Gasteiger partial charge < -0.3 is 15.1 Å². The van der Waals surface area contributed by atoms with Gasteiger partial charge in [-0.3, -0.25) is 0 Å². The summed E-state index contributed by atoms with van der Waals surface area (Å²) < 4.78 is 14.0. The molecule has 0 spiro atoms. The standard InChI is InChI=1S/C14H22FNO2/c1-10(2)16(8-5-9-17)14-12(11(3)18)6-4-7-13(14)15/h4,6-7,10-11,17-18H,5,8-9H2,1-3H3/t11-/m1/s1. The van der Waals surface area contributed by atoms with E-state index in [-0.39, 0.29) is 18.5 Å². The summed E-state index contributed by atoms with van der Waals surface area (Å²) in [5.74, 6) is -0.333. The summed E-state index contributed by atoms with van der Waals surface area (Å²) in [7, 11) is 0. The van der Waals surface area contributed by atoms with E-state index in [1.807, 2.05) is 18.7 Å². The molecule has 18 heavy (non-hydrogen) atoms. The number of rotatable bonds is 6. The molecule has 1 aromatic rings. The van der Waals surface area contributed by atoms with Crippen LogP contribution in [0.1, 0.15) is 38.9 Å². The van der Waals surface area contributed by atoms with E-state index in [2.05, 4.69) is 0 Å². The lowest BCUT2D eigenvalue weighted by Gasteiger charge is -2.31. The van der Waals surface area contributed by atoms with Crippen molar-refractivity contribution in [1.82, 2.24) is 0 Å². The van der Waals surface area contributed by atoms with E-state index in [1.54, 1.807) is 19.1 Å². The molecule has 1 rings (SSSR count). The first-order chi connectivity index (χ1) is 8.49. The Balaban J connectivity index is 3.17. The average molecular weight is 255 g/mol. The molecule has 0 aliphatic rings. The highest BCUT2D eigenvalue weighted by Gasteiger charge is 2.20. The Hall–Kier alpha value is -1.13. The van der Waals surface area contributed by atoms with Crippen LogP contribution in [0.4, 0.5) is 10.1 Å². The molecular weight excluding hydrogens is 233 g/mol. The molecule has 0 saturated carbocycles. The van der Waals surface area contributed by atoms with Crippen molar-refractivity contribution in [3.8, 4) is 0 Å². The Kier molecular flexibility index (Phi) is 5.56. The Labute approximate surface area is 108 Å². The summed E-state index contributed by atoms with van der Waals surface area (Å²) >= 11 is 0. The summed E-state index contributed by atoms with van der Waals surface area (Å²) in [4.78, 5) is 1.88. The number of hydrogen-bond acceptors (Lipinski definition) is 3. The topological polar surface area (TPSA) is 43.7 Å². The molecule has 1 aromatic carbocycles. The van der Waals surface area contributed by atoms with Gasteiger partial charge in [-0.2, -0.15) is 0 Å². The third-order valence-corrected chi connectivity index (χ3v) is 2.94. The van der Waals surface area contributed by atoms with Crippen molar-refractivity contribution in [2.24, 2.45) is 0 Å². The molecule has 3 nitrogen and oxygen atoms in total. The van der Waals surface area contributed by atoms with Crippen LogP contribution in [0.15, 0.2) is 18.2 Å². The fourth-order valence-corrected chi connectivity index (χ4v) is 2.04. The van der Waals surface area contributed by atoms with E-state index in [4.69, 9.17) is 5.11 Å². The Morgan fingerprint density at radius 1 is 1.28 bits per heavy atom. The van der Waals surface area contributed by atoms with Gasteiger partial charge in [0.2, 0.25) is 0 Å². The van der Waals surface area contributed by atoms with Crippen LogP contribution in [-0.2, 0) is 0 Å². The van der Waals surface area contributed by atoms with Crippen molar-refractivity contribution < 1.29 is 14.6 Å². The highest BCUT2D eigenvalue weighted by molar-refractivity contribution is 5.56. The molecule has 0 unspecified atom stereocenters. The van der Waals surface area contributed by atoms with Crippen molar-refractivity contribution in [3.63, 3.8) is 0 Å². The van der Waals surface area contributed by atoms with Crippen LogP contribution in [0, 0.1) is 5.82 Å². The van der Waals surface area contributed by atoms with E-state index in [9.17, 15) is 9.50 Å². The number of benzene rings is 1. The van der Waals surface area contributed by atoms with Gasteiger partial charge in [0.05, 0.1) is 11.8 Å². The molecule has 0 aliphatic carbocycles. The Morgan fingerprint density at radius 2 is 1.94 bits per heavy atom. The molecule has 0 radical (unpaired) electrons. The highest BCUT2D eigenvalue weighted by Crippen LogP contribution is 2.30. The Morgan fingerprint density at radius 3 is 2.44 bits per heavy atom. The third-order valence-electron chi connectivity index (χ3n) is 2.94. The van der Waals surface area contributed by atoms with Gasteiger partial charge in [-0.15, -0.1) is 0 Å². The molecule has 0 fully saturated rings. The SMILES string of the molecule is CC(C)N(CCCO)c1c(F)cccc1[C@@H](C)O. The summed E-state index contributed by atoms with van der Waals surface area (Å²) in [6.07, 6.45) is -0.141. The van der Waals surface area contributed by atoms with Crippen LogP contribution >= 0.6 is 0 Å². The molecule has 102 valence electrons. The maximum Gasteiger partial charge on any atom is 0.146 e. The molecule has 0 aromatic heterocycles. The predicted molar refractivity (Wildman–Crippen MR) is 71.2 cm³/mol. The maximum atomic E-state index is 14.0. The smallest absolute Gasteiger partial charge is 0.146 e. The van der Waals surface area contributed by atoms with Crippen LogP contribution in [-0.4, -0.2) is 29.4 Å². The van der Waals surface area contributed by atoms with E-state index in [0.29, 0.717) is 24.2 Å². The number of aliphatic hydroxyl groups excluding tert-OH is 2. The summed E-state index contributed by atoms with van der Waals surface area (Å²) in [6, 6.07) is 4.84. The van der Waals surface area contributed by atoms with Gasteiger partial charge in [0.25, 0.3) is 0 Å². The minimum Gasteiger partial charge on any atom is -0.396 e. The number of halogens is 1. The highest BCUT2D eigenvalue weighted by atomic mass is 19.1. The van der Waals surface area contributed by atoms with E-state index in [0.717, 1.165) is 0 Å². The van der Waals surface area contributed by atoms with E-state index >= 15 is 0 Å². The quantitative estimate of drug-likeness (QED) is 0.820. The van der Waals surface area contributed by atoms with Crippen molar-refractivity contribution in [2.45, 2.75) is 39.3 Å². The van der Waals surface area contributed by atoms with Crippen LogP contribution in [0.5, 0.6) is 0 Å². The number of nitrogens with zero attached hydrogens (tertiary/aromatic N) is 1. The molecule has 0 bridgehead atoms. The first-order valence-corrected chi connectivity index (χ1v) is 6.33. The van der Waals surface area contributed by atoms with Gasteiger partial charge in [-0.1, -0.05) is 12.1 Å². The molecule has 0 aliphatic heterocycles. The zero-order valence-corrected chi connectivity index (χ0v) is 11.2. The lowest BCUT2D eigenvalue weighted by Crippen LogP contribution is -2.34.